The summed E-state index contributed by atoms with van der Waals surface area (Å²) < 4.78 is 24.3. The lowest BCUT2D eigenvalue weighted by Crippen LogP contribution is -2.27. The highest BCUT2D eigenvalue weighted by atomic mass is 32.2. The van der Waals surface area contributed by atoms with E-state index in [0.29, 0.717) is 6.54 Å². The topological polar surface area (TPSA) is 50.3 Å². The van der Waals surface area contributed by atoms with Crippen molar-refractivity contribution in [1.29, 1.82) is 0 Å². The van der Waals surface area contributed by atoms with Crippen LogP contribution < -0.4 is 0 Å². The summed E-state index contributed by atoms with van der Waals surface area (Å²) in [5.41, 5.74) is 2.64. The summed E-state index contributed by atoms with van der Waals surface area (Å²) in [6, 6.07) is 0. The fraction of sp³-hybridized carbons (Fsp3) is 0.625. The SMILES string of the molecule is CCS(=O)(=O)N(C)Cc1scnc1C. The Bertz CT molecular complexity index is 397. The number of rotatable bonds is 4. The van der Waals surface area contributed by atoms with Gasteiger partial charge in [-0.15, -0.1) is 11.3 Å². The van der Waals surface area contributed by atoms with Crippen LogP contribution in [0.2, 0.25) is 0 Å². The molecule has 0 fully saturated rings. The maximum absolute atomic E-state index is 11.4. The Balaban J connectivity index is 2.76. The molecular weight excluding hydrogens is 220 g/mol. The van der Waals surface area contributed by atoms with E-state index in [2.05, 4.69) is 4.98 Å². The molecule has 0 aliphatic rings. The molecule has 1 heterocycles. The van der Waals surface area contributed by atoms with Gasteiger partial charge in [0.2, 0.25) is 10.0 Å². The molecule has 0 saturated carbocycles. The fourth-order valence-electron chi connectivity index (χ4n) is 0.999. The fourth-order valence-corrected chi connectivity index (χ4v) is 2.68. The van der Waals surface area contributed by atoms with Crippen molar-refractivity contribution in [2.45, 2.75) is 20.4 Å². The first kappa shape index (κ1) is 11.6. The Morgan fingerprint density at radius 2 is 2.21 bits per heavy atom. The molecular formula is C8H14N2O2S2. The van der Waals surface area contributed by atoms with E-state index in [1.54, 1.807) is 19.5 Å². The van der Waals surface area contributed by atoms with Gasteiger partial charge in [-0.1, -0.05) is 0 Å². The van der Waals surface area contributed by atoms with Gasteiger partial charge in [-0.3, -0.25) is 0 Å². The first-order valence-electron chi connectivity index (χ1n) is 4.30. The highest BCUT2D eigenvalue weighted by Gasteiger charge is 2.16. The van der Waals surface area contributed by atoms with E-state index in [1.807, 2.05) is 6.92 Å². The van der Waals surface area contributed by atoms with Gasteiger partial charge in [0.15, 0.2) is 0 Å². The number of aromatic nitrogens is 1. The van der Waals surface area contributed by atoms with Gasteiger partial charge in [0.1, 0.15) is 0 Å². The maximum Gasteiger partial charge on any atom is 0.213 e. The number of aryl methyl sites for hydroxylation is 1. The molecule has 6 heteroatoms. The van der Waals surface area contributed by atoms with Crippen LogP contribution in [0.4, 0.5) is 0 Å². The lowest BCUT2D eigenvalue weighted by atomic mass is 10.4. The molecule has 0 N–H and O–H groups in total. The maximum atomic E-state index is 11.4. The summed E-state index contributed by atoms with van der Waals surface area (Å²) in [5.74, 6) is 0.140. The van der Waals surface area contributed by atoms with Gasteiger partial charge in [-0.25, -0.2) is 13.4 Å². The van der Waals surface area contributed by atoms with Crippen molar-refractivity contribution in [2.24, 2.45) is 0 Å². The van der Waals surface area contributed by atoms with Crippen molar-refractivity contribution >= 4 is 21.4 Å². The molecule has 0 aliphatic heterocycles. The van der Waals surface area contributed by atoms with Crippen molar-refractivity contribution in [3.05, 3.63) is 16.1 Å². The Labute approximate surface area is 88.6 Å². The number of sulfonamides is 1. The molecule has 0 aromatic carbocycles. The Morgan fingerprint density at radius 3 is 2.64 bits per heavy atom. The number of nitrogens with zero attached hydrogens (tertiary/aromatic N) is 2. The van der Waals surface area contributed by atoms with Crippen LogP contribution in [0.3, 0.4) is 0 Å². The standard InChI is InChI=1S/C8H14N2O2S2/c1-4-14(11,12)10(3)5-8-7(2)9-6-13-8/h6H,4-5H2,1-3H3. The number of thiazole rings is 1. The second-order valence-corrected chi connectivity index (χ2v) is 6.32. The molecule has 0 atom stereocenters. The van der Waals surface area contributed by atoms with Crippen molar-refractivity contribution in [1.82, 2.24) is 9.29 Å². The Hall–Kier alpha value is -0.460. The average molecular weight is 234 g/mol. The molecule has 0 bridgehead atoms. The predicted molar refractivity (Wildman–Crippen MR) is 57.8 cm³/mol. The number of hydrogen-bond acceptors (Lipinski definition) is 4. The quantitative estimate of drug-likeness (QED) is 0.787. The first-order valence-corrected chi connectivity index (χ1v) is 6.79. The van der Waals surface area contributed by atoms with Crippen molar-refractivity contribution in [3.8, 4) is 0 Å². The minimum absolute atomic E-state index is 0.140. The minimum atomic E-state index is -3.08. The third kappa shape index (κ3) is 2.52. The van der Waals surface area contributed by atoms with Gasteiger partial charge in [0.05, 0.1) is 17.0 Å². The average Bonchev–Trinajstić information content (AvgIpc) is 2.52. The first-order chi connectivity index (χ1) is 6.47. The van der Waals surface area contributed by atoms with E-state index in [1.165, 1.54) is 15.6 Å². The normalized spacial score (nSPS) is 12.3. The van der Waals surface area contributed by atoms with E-state index in [9.17, 15) is 8.42 Å². The largest absolute Gasteiger partial charge is 0.250 e. The van der Waals surface area contributed by atoms with Crippen molar-refractivity contribution in [2.75, 3.05) is 12.8 Å². The summed E-state index contributed by atoms with van der Waals surface area (Å²) in [7, 11) is -1.48. The van der Waals surface area contributed by atoms with Crippen molar-refractivity contribution in [3.63, 3.8) is 0 Å². The molecule has 0 spiro atoms. The molecule has 0 saturated heterocycles. The van der Waals surface area contributed by atoms with E-state index in [-0.39, 0.29) is 5.75 Å². The summed E-state index contributed by atoms with van der Waals surface area (Å²) in [6.45, 7) is 3.95. The van der Waals surface area contributed by atoms with E-state index in [4.69, 9.17) is 0 Å². The molecule has 80 valence electrons. The van der Waals surface area contributed by atoms with Crippen LogP contribution in [0.15, 0.2) is 5.51 Å². The molecule has 0 amide bonds. The molecule has 0 radical (unpaired) electrons. The number of hydrogen-bond donors (Lipinski definition) is 0. The molecule has 1 aromatic heterocycles. The minimum Gasteiger partial charge on any atom is -0.250 e. The van der Waals surface area contributed by atoms with Crippen LogP contribution in [0.25, 0.3) is 0 Å². The molecule has 14 heavy (non-hydrogen) atoms. The zero-order chi connectivity index (χ0) is 10.8. The van der Waals surface area contributed by atoms with Gasteiger partial charge in [0, 0.05) is 18.5 Å². The molecule has 1 rings (SSSR count). The van der Waals surface area contributed by atoms with Gasteiger partial charge < -0.3 is 0 Å². The van der Waals surface area contributed by atoms with E-state index >= 15 is 0 Å². The van der Waals surface area contributed by atoms with Crippen LogP contribution >= 0.6 is 11.3 Å². The monoisotopic (exact) mass is 234 g/mol. The van der Waals surface area contributed by atoms with Crippen LogP contribution in [0.1, 0.15) is 17.5 Å². The van der Waals surface area contributed by atoms with E-state index < -0.39 is 10.0 Å². The highest BCUT2D eigenvalue weighted by molar-refractivity contribution is 7.89. The summed E-state index contributed by atoms with van der Waals surface area (Å²) >= 11 is 1.49. The molecule has 0 aliphatic carbocycles. The van der Waals surface area contributed by atoms with Gasteiger partial charge in [-0.05, 0) is 13.8 Å². The predicted octanol–water partition coefficient (Wildman–Crippen LogP) is 1.23. The summed E-state index contributed by atoms with van der Waals surface area (Å²) in [6.07, 6.45) is 0. The zero-order valence-corrected chi connectivity index (χ0v) is 10.2. The smallest absolute Gasteiger partial charge is 0.213 e. The van der Waals surface area contributed by atoms with Crippen LogP contribution in [0.5, 0.6) is 0 Å². The Morgan fingerprint density at radius 1 is 1.57 bits per heavy atom. The van der Waals surface area contributed by atoms with Crippen LogP contribution in [-0.2, 0) is 16.6 Å². The van der Waals surface area contributed by atoms with Gasteiger partial charge in [-0.2, -0.15) is 4.31 Å². The second kappa shape index (κ2) is 4.37. The summed E-state index contributed by atoms with van der Waals surface area (Å²) in [5, 5.41) is 0. The molecule has 1 aromatic rings. The second-order valence-electron chi connectivity index (χ2n) is 3.02. The lowest BCUT2D eigenvalue weighted by molar-refractivity contribution is 0.470. The third-order valence-corrected chi connectivity index (χ3v) is 4.78. The van der Waals surface area contributed by atoms with Crippen LogP contribution in [-0.4, -0.2) is 30.5 Å². The highest BCUT2D eigenvalue weighted by Crippen LogP contribution is 2.15. The van der Waals surface area contributed by atoms with Crippen molar-refractivity contribution < 1.29 is 8.42 Å². The lowest BCUT2D eigenvalue weighted by Gasteiger charge is -2.14. The van der Waals surface area contributed by atoms with Crippen LogP contribution in [0, 0.1) is 6.92 Å². The molecule has 0 unspecified atom stereocenters. The zero-order valence-electron chi connectivity index (χ0n) is 8.52. The summed E-state index contributed by atoms with van der Waals surface area (Å²) in [4.78, 5) is 5.08. The van der Waals surface area contributed by atoms with Gasteiger partial charge in [0.25, 0.3) is 0 Å². The third-order valence-electron chi connectivity index (χ3n) is 2.05. The van der Waals surface area contributed by atoms with E-state index in [0.717, 1.165) is 10.6 Å². The molecule has 4 nitrogen and oxygen atoms in total. The van der Waals surface area contributed by atoms with Gasteiger partial charge >= 0.3 is 0 Å². The Kier molecular flexibility index (Phi) is 3.63.